The van der Waals surface area contributed by atoms with Crippen LogP contribution in [0.2, 0.25) is 0 Å². The predicted octanol–water partition coefficient (Wildman–Crippen LogP) is 7.04. The van der Waals surface area contributed by atoms with Gasteiger partial charge in [-0.05, 0) is 48.9 Å². The number of cyclic esters (lactones) is 1. The predicted molar refractivity (Wildman–Crippen MR) is 167 cm³/mol. The van der Waals surface area contributed by atoms with Crippen LogP contribution >= 0.6 is 0 Å². The standard InChI is InChI=1S/C36H40N4O3/c1-3-31-29-19-18-27(20-32(29)40(37-31)28-16-10-11-17-28)30-22-38(21-25-12-6-4-7-13-25)24-36(30,2)34(41)39-33(23-43-35(39)42)26-14-8-5-9-15-26/h4-9,12-15,18-20,28,30,33H,3,10-11,16-17,21-24H2,1-2H3/t30-,33-,36+/m0/s1. The molecule has 1 saturated carbocycles. The van der Waals surface area contributed by atoms with Crippen LogP contribution in [0.25, 0.3) is 10.9 Å². The fourth-order valence-electron chi connectivity index (χ4n) is 7.72. The van der Waals surface area contributed by atoms with Crippen molar-refractivity contribution in [2.75, 3.05) is 19.7 Å². The fraction of sp³-hybridized carbons (Fsp3) is 0.417. The number of aromatic nitrogens is 2. The van der Waals surface area contributed by atoms with Gasteiger partial charge >= 0.3 is 6.09 Å². The molecule has 0 spiro atoms. The zero-order chi connectivity index (χ0) is 29.6. The van der Waals surface area contributed by atoms with Gasteiger partial charge in [-0.3, -0.25) is 14.4 Å². The zero-order valence-corrected chi connectivity index (χ0v) is 25.1. The smallest absolute Gasteiger partial charge is 0.417 e. The largest absolute Gasteiger partial charge is 0.446 e. The Hall–Kier alpha value is -3.97. The number of hydrogen-bond acceptors (Lipinski definition) is 5. The molecule has 3 aliphatic rings. The molecular weight excluding hydrogens is 536 g/mol. The summed E-state index contributed by atoms with van der Waals surface area (Å²) in [6.45, 7) is 6.41. The Labute approximate surface area is 253 Å². The van der Waals surface area contributed by atoms with Crippen molar-refractivity contribution in [3.8, 4) is 0 Å². The molecule has 1 aliphatic carbocycles. The van der Waals surface area contributed by atoms with Crippen molar-refractivity contribution < 1.29 is 14.3 Å². The van der Waals surface area contributed by atoms with E-state index in [9.17, 15) is 9.59 Å². The van der Waals surface area contributed by atoms with Crippen LogP contribution in [0, 0.1) is 5.41 Å². The van der Waals surface area contributed by atoms with E-state index in [2.05, 4.69) is 65.9 Å². The lowest BCUT2D eigenvalue weighted by Crippen LogP contribution is -2.47. The van der Waals surface area contributed by atoms with Crippen molar-refractivity contribution in [3.05, 3.63) is 101 Å². The maximum absolute atomic E-state index is 14.7. The van der Waals surface area contributed by atoms with E-state index in [0.717, 1.165) is 49.2 Å². The van der Waals surface area contributed by atoms with Gasteiger partial charge in [-0.1, -0.05) is 92.6 Å². The monoisotopic (exact) mass is 576 g/mol. The number of ether oxygens (including phenoxy) is 1. The number of benzene rings is 3. The van der Waals surface area contributed by atoms with Crippen molar-refractivity contribution in [1.29, 1.82) is 0 Å². The fourth-order valence-corrected chi connectivity index (χ4v) is 7.72. The summed E-state index contributed by atoms with van der Waals surface area (Å²) in [7, 11) is 0. The van der Waals surface area contributed by atoms with Gasteiger partial charge in [-0.25, -0.2) is 9.69 Å². The lowest BCUT2D eigenvalue weighted by Gasteiger charge is -2.34. The van der Waals surface area contributed by atoms with Crippen molar-refractivity contribution in [2.45, 2.75) is 70.5 Å². The molecule has 0 radical (unpaired) electrons. The average Bonchev–Trinajstić information content (AvgIpc) is 3.83. The molecule has 3 fully saturated rings. The van der Waals surface area contributed by atoms with E-state index in [1.807, 2.05) is 36.4 Å². The molecule has 1 aromatic heterocycles. The van der Waals surface area contributed by atoms with E-state index < -0.39 is 17.6 Å². The molecule has 0 N–H and O–H groups in total. The third-order valence-electron chi connectivity index (χ3n) is 9.99. The van der Waals surface area contributed by atoms with Gasteiger partial charge in [0.1, 0.15) is 12.6 Å². The van der Waals surface area contributed by atoms with Gasteiger partial charge in [0.05, 0.1) is 22.7 Å². The van der Waals surface area contributed by atoms with Gasteiger partial charge in [0, 0.05) is 30.9 Å². The van der Waals surface area contributed by atoms with E-state index in [1.165, 1.54) is 34.2 Å². The van der Waals surface area contributed by atoms with Crippen LogP contribution in [-0.4, -0.2) is 51.3 Å². The summed E-state index contributed by atoms with van der Waals surface area (Å²) in [6, 6.07) is 26.9. The van der Waals surface area contributed by atoms with Crippen LogP contribution in [0.5, 0.6) is 0 Å². The quantitative estimate of drug-likeness (QED) is 0.236. The highest BCUT2D eigenvalue weighted by molar-refractivity contribution is 5.98. The number of nitrogens with zero attached hydrogens (tertiary/aromatic N) is 4. The number of rotatable bonds is 7. The SMILES string of the molecule is CCc1nn(C2CCCC2)c2cc([C@@H]3CN(Cc4ccccc4)C[C@@]3(C)C(=O)N3C(=O)OC[C@H]3c3ccccc3)ccc12. The van der Waals surface area contributed by atoms with Gasteiger partial charge in [0.2, 0.25) is 5.91 Å². The van der Waals surface area contributed by atoms with Crippen LogP contribution in [0.3, 0.4) is 0 Å². The molecule has 3 atom stereocenters. The maximum Gasteiger partial charge on any atom is 0.417 e. The molecule has 222 valence electrons. The highest BCUT2D eigenvalue weighted by atomic mass is 16.6. The van der Waals surface area contributed by atoms with Gasteiger partial charge < -0.3 is 4.74 Å². The first-order valence-electron chi connectivity index (χ1n) is 15.8. The highest BCUT2D eigenvalue weighted by Gasteiger charge is 2.54. The first-order valence-corrected chi connectivity index (χ1v) is 15.8. The van der Waals surface area contributed by atoms with Crippen LogP contribution in [0.4, 0.5) is 4.79 Å². The number of aryl methyl sites for hydroxylation is 1. The Morgan fingerprint density at radius 1 is 0.977 bits per heavy atom. The zero-order valence-electron chi connectivity index (χ0n) is 25.1. The van der Waals surface area contributed by atoms with E-state index in [1.54, 1.807) is 0 Å². The molecule has 2 saturated heterocycles. The first-order chi connectivity index (χ1) is 21.0. The second-order valence-corrected chi connectivity index (χ2v) is 12.8. The Bertz CT molecular complexity index is 1630. The molecule has 4 aromatic rings. The van der Waals surface area contributed by atoms with Gasteiger partial charge in [0.25, 0.3) is 0 Å². The number of fused-ring (bicyclic) bond motifs is 1. The molecule has 3 aromatic carbocycles. The number of likely N-dealkylation sites (tertiary alicyclic amines) is 1. The van der Waals surface area contributed by atoms with E-state index >= 15 is 0 Å². The number of carbonyl (C=O) groups is 2. The molecule has 7 heteroatoms. The average molecular weight is 577 g/mol. The Morgan fingerprint density at radius 2 is 1.70 bits per heavy atom. The second-order valence-electron chi connectivity index (χ2n) is 12.8. The van der Waals surface area contributed by atoms with Crippen LogP contribution < -0.4 is 0 Å². The maximum atomic E-state index is 14.7. The number of imide groups is 1. The highest BCUT2D eigenvalue weighted by Crippen LogP contribution is 2.47. The van der Waals surface area contributed by atoms with Gasteiger partial charge in [-0.2, -0.15) is 5.10 Å². The summed E-state index contributed by atoms with van der Waals surface area (Å²) in [5.74, 6) is -0.266. The van der Waals surface area contributed by atoms with Crippen molar-refractivity contribution in [2.24, 2.45) is 5.41 Å². The minimum absolute atomic E-state index is 0.102. The van der Waals surface area contributed by atoms with Crippen LogP contribution in [-0.2, 0) is 22.5 Å². The molecule has 0 bridgehead atoms. The lowest BCUT2D eigenvalue weighted by atomic mass is 9.74. The van der Waals surface area contributed by atoms with E-state index in [0.29, 0.717) is 12.6 Å². The topological polar surface area (TPSA) is 67.7 Å². The van der Waals surface area contributed by atoms with Gasteiger partial charge in [-0.15, -0.1) is 0 Å². The second kappa shape index (κ2) is 11.3. The summed E-state index contributed by atoms with van der Waals surface area (Å²) >= 11 is 0. The van der Waals surface area contributed by atoms with Crippen LogP contribution in [0.1, 0.15) is 79.9 Å². The number of amides is 2. The molecule has 43 heavy (non-hydrogen) atoms. The van der Waals surface area contributed by atoms with Gasteiger partial charge in [0.15, 0.2) is 0 Å². The minimum atomic E-state index is -0.829. The summed E-state index contributed by atoms with van der Waals surface area (Å²) in [5, 5.41) is 6.29. The first kappa shape index (κ1) is 27.8. The normalized spacial score (nSPS) is 24.7. The molecule has 2 amide bonds. The third kappa shape index (κ3) is 4.93. The van der Waals surface area contributed by atoms with Crippen molar-refractivity contribution in [1.82, 2.24) is 19.6 Å². The summed E-state index contributed by atoms with van der Waals surface area (Å²) in [5.41, 5.74) is 4.72. The van der Waals surface area contributed by atoms with Crippen molar-refractivity contribution >= 4 is 22.9 Å². The molecule has 3 heterocycles. The van der Waals surface area contributed by atoms with E-state index in [-0.39, 0.29) is 18.4 Å². The summed E-state index contributed by atoms with van der Waals surface area (Å²) in [6.07, 6.45) is 5.14. The molecular formula is C36H40N4O3. The van der Waals surface area contributed by atoms with Crippen LogP contribution in [0.15, 0.2) is 78.9 Å². The lowest BCUT2D eigenvalue weighted by molar-refractivity contribution is -0.139. The Balaban J connectivity index is 1.29. The third-order valence-corrected chi connectivity index (χ3v) is 9.99. The summed E-state index contributed by atoms with van der Waals surface area (Å²) in [4.78, 5) is 31.7. The minimum Gasteiger partial charge on any atom is -0.446 e. The molecule has 7 nitrogen and oxygen atoms in total. The Kier molecular flexibility index (Phi) is 7.29. The Morgan fingerprint density at radius 3 is 2.42 bits per heavy atom. The number of carbonyl (C=O) groups excluding carboxylic acids is 2. The van der Waals surface area contributed by atoms with Crippen molar-refractivity contribution in [3.63, 3.8) is 0 Å². The molecule has 7 rings (SSSR count). The molecule has 0 unspecified atom stereocenters. The number of hydrogen-bond donors (Lipinski definition) is 0. The van der Waals surface area contributed by atoms with E-state index in [4.69, 9.17) is 9.84 Å². The summed E-state index contributed by atoms with van der Waals surface area (Å²) < 4.78 is 7.78. The molecule has 2 aliphatic heterocycles.